The van der Waals surface area contributed by atoms with Gasteiger partial charge in [-0.15, -0.1) is 0 Å². The highest BCUT2D eigenvalue weighted by Gasteiger charge is 2.20. The summed E-state index contributed by atoms with van der Waals surface area (Å²) in [6.45, 7) is 0. The Labute approximate surface area is 118 Å². The molecule has 0 unspecified atom stereocenters. The first-order valence-electron chi connectivity index (χ1n) is 7.23. The van der Waals surface area contributed by atoms with Gasteiger partial charge in [0.15, 0.2) is 5.65 Å². The number of pyridine rings is 1. The van der Waals surface area contributed by atoms with Crippen LogP contribution in [-0.2, 0) is 19.9 Å². The van der Waals surface area contributed by atoms with Crippen LogP contribution in [0.1, 0.15) is 24.0 Å². The first-order valence-corrected chi connectivity index (χ1v) is 7.23. The van der Waals surface area contributed by atoms with Crippen molar-refractivity contribution in [2.75, 3.05) is 0 Å². The normalized spacial score (nSPS) is 14.4. The summed E-state index contributed by atoms with van der Waals surface area (Å²) in [6.07, 6.45) is 6.91. The molecule has 0 radical (unpaired) electrons. The van der Waals surface area contributed by atoms with Crippen molar-refractivity contribution in [1.29, 1.82) is 0 Å². The first-order chi connectivity index (χ1) is 9.84. The van der Waals surface area contributed by atoms with Crippen molar-refractivity contribution in [2.24, 2.45) is 7.05 Å². The first kappa shape index (κ1) is 11.6. The van der Waals surface area contributed by atoms with Crippen LogP contribution in [0.15, 0.2) is 36.5 Å². The zero-order valence-corrected chi connectivity index (χ0v) is 11.6. The summed E-state index contributed by atoms with van der Waals surface area (Å²) in [7, 11) is 1.98. The molecule has 3 aromatic rings. The molecule has 1 aromatic carbocycles. The zero-order chi connectivity index (χ0) is 13.5. The Morgan fingerprint density at radius 1 is 1.05 bits per heavy atom. The number of nitrogens with zero attached hydrogens (tertiary/aromatic N) is 3. The van der Waals surface area contributed by atoms with E-state index in [0.29, 0.717) is 0 Å². The van der Waals surface area contributed by atoms with Crippen molar-refractivity contribution in [3.05, 3.63) is 47.7 Å². The van der Waals surface area contributed by atoms with Gasteiger partial charge in [-0.3, -0.25) is 0 Å². The van der Waals surface area contributed by atoms with E-state index in [1.165, 1.54) is 34.9 Å². The van der Waals surface area contributed by atoms with Crippen molar-refractivity contribution in [3.8, 4) is 11.3 Å². The van der Waals surface area contributed by atoms with E-state index in [4.69, 9.17) is 5.10 Å². The Hall–Kier alpha value is -2.16. The van der Waals surface area contributed by atoms with Gasteiger partial charge in [0.05, 0.1) is 5.39 Å². The quantitative estimate of drug-likeness (QED) is 0.672. The maximum atomic E-state index is 4.72. The average molecular weight is 263 g/mol. The molecule has 1 aliphatic rings. The van der Waals surface area contributed by atoms with Crippen LogP contribution in [0, 0.1) is 0 Å². The molecule has 0 spiro atoms. The maximum Gasteiger partial charge on any atom is 0.158 e. The van der Waals surface area contributed by atoms with Crippen LogP contribution in [0.4, 0.5) is 0 Å². The van der Waals surface area contributed by atoms with Crippen LogP contribution in [0.5, 0.6) is 0 Å². The summed E-state index contributed by atoms with van der Waals surface area (Å²) >= 11 is 0. The lowest BCUT2D eigenvalue weighted by molar-refractivity contribution is 0.687. The van der Waals surface area contributed by atoms with E-state index >= 15 is 0 Å². The fourth-order valence-electron chi connectivity index (χ4n) is 3.23. The molecular weight excluding hydrogens is 246 g/mol. The number of hydrogen-bond acceptors (Lipinski definition) is 2. The van der Waals surface area contributed by atoms with Gasteiger partial charge >= 0.3 is 0 Å². The smallest absolute Gasteiger partial charge is 0.158 e. The van der Waals surface area contributed by atoms with Gasteiger partial charge in [0.1, 0.15) is 5.69 Å². The Kier molecular flexibility index (Phi) is 2.59. The van der Waals surface area contributed by atoms with E-state index in [-0.39, 0.29) is 0 Å². The molecule has 0 aliphatic heterocycles. The Balaban J connectivity index is 2.06. The van der Waals surface area contributed by atoms with Crippen molar-refractivity contribution in [1.82, 2.24) is 14.8 Å². The molecule has 0 bridgehead atoms. The number of aromatic nitrogens is 3. The number of benzene rings is 1. The van der Waals surface area contributed by atoms with E-state index in [1.54, 1.807) is 0 Å². The molecule has 0 saturated carbocycles. The molecule has 2 heterocycles. The molecule has 3 heteroatoms. The minimum Gasteiger partial charge on any atom is -0.250 e. The van der Waals surface area contributed by atoms with Crippen molar-refractivity contribution < 1.29 is 0 Å². The molecule has 0 N–H and O–H groups in total. The summed E-state index contributed by atoms with van der Waals surface area (Å²) in [4.78, 5) is 4.64. The van der Waals surface area contributed by atoms with E-state index in [9.17, 15) is 0 Å². The van der Waals surface area contributed by atoms with Gasteiger partial charge < -0.3 is 0 Å². The van der Waals surface area contributed by atoms with Gasteiger partial charge in [-0.05, 0) is 36.8 Å². The second-order valence-corrected chi connectivity index (χ2v) is 5.51. The summed E-state index contributed by atoms with van der Waals surface area (Å²) in [6, 6.07) is 10.4. The topological polar surface area (TPSA) is 30.7 Å². The molecule has 2 aromatic heterocycles. The van der Waals surface area contributed by atoms with E-state index in [2.05, 4.69) is 29.2 Å². The number of aryl methyl sites for hydroxylation is 3. The van der Waals surface area contributed by atoms with Gasteiger partial charge in [0.25, 0.3) is 0 Å². The molecule has 20 heavy (non-hydrogen) atoms. The van der Waals surface area contributed by atoms with Crippen molar-refractivity contribution in [3.63, 3.8) is 0 Å². The molecule has 4 rings (SSSR count). The number of hydrogen-bond donors (Lipinski definition) is 0. The average Bonchev–Trinajstić information content (AvgIpc) is 2.86. The molecule has 0 atom stereocenters. The van der Waals surface area contributed by atoms with Crippen LogP contribution in [0.3, 0.4) is 0 Å². The summed E-state index contributed by atoms with van der Waals surface area (Å²) < 4.78 is 1.91. The predicted molar refractivity (Wildman–Crippen MR) is 80.6 cm³/mol. The van der Waals surface area contributed by atoms with Gasteiger partial charge in [-0.1, -0.05) is 30.3 Å². The van der Waals surface area contributed by atoms with Crippen molar-refractivity contribution in [2.45, 2.75) is 25.7 Å². The molecule has 0 amide bonds. The number of rotatable bonds is 1. The van der Waals surface area contributed by atoms with Crippen molar-refractivity contribution >= 4 is 11.0 Å². The SMILES string of the molecule is Cn1nc(-c2ccccc2)c2c3c(cnc21)CCCC3. The lowest BCUT2D eigenvalue weighted by atomic mass is 9.90. The van der Waals surface area contributed by atoms with Crippen LogP contribution in [-0.4, -0.2) is 14.8 Å². The monoisotopic (exact) mass is 263 g/mol. The molecule has 3 nitrogen and oxygen atoms in total. The highest BCUT2D eigenvalue weighted by Crippen LogP contribution is 2.34. The van der Waals surface area contributed by atoms with Crippen LogP contribution >= 0.6 is 0 Å². The minimum atomic E-state index is 1.00. The van der Waals surface area contributed by atoms with Crippen LogP contribution in [0.25, 0.3) is 22.3 Å². The summed E-state index contributed by atoms with van der Waals surface area (Å²) in [5.74, 6) is 0. The van der Waals surface area contributed by atoms with Gasteiger partial charge in [-0.2, -0.15) is 5.10 Å². The van der Waals surface area contributed by atoms with E-state index < -0.39 is 0 Å². The summed E-state index contributed by atoms with van der Waals surface area (Å²) in [5.41, 5.74) is 6.14. The fourth-order valence-corrected chi connectivity index (χ4v) is 3.23. The lowest BCUT2D eigenvalue weighted by Gasteiger charge is -2.16. The highest BCUT2D eigenvalue weighted by molar-refractivity contribution is 5.94. The third kappa shape index (κ3) is 1.66. The minimum absolute atomic E-state index is 1.00. The fraction of sp³-hybridized carbons (Fsp3) is 0.294. The third-order valence-electron chi connectivity index (χ3n) is 4.22. The molecule has 0 saturated heterocycles. The maximum absolute atomic E-state index is 4.72. The predicted octanol–water partition coefficient (Wildman–Crippen LogP) is 3.51. The molecule has 1 aliphatic carbocycles. The standard InChI is InChI=1S/C17H17N3/c1-20-17-15(14-10-6-5-9-13(14)11-18-17)16(19-20)12-7-3-2-4-8-12/h2-4,7-8,11H,5-6,9-10H2,1H3. The van der Waals surface area contributed by atoms with Gasteiger partial charge in [-0.25, -0.2) is 9.67 Å². The molecule has 0 fully saturated rings. The van der Waals surface area contributed by atoms with Gasteiger partial charge in [0, 0.05) is 18.8 Å². The second-order valence-electron chi connectivity index (χ2n) is 5.51. The molecular formula is C17H17N3. The number of fused-ring (bicyclic) bond motifs is 3. The van der Waals surface area contributed by atoms with E-state index in [1.807, 2.05) is 24.0 Å². The van der Waals surface area contributed by atoms with E-state index in [0.717, 1.165) is 24.2 Å². The Morgan fingerprint density at radius 3 is 2.70 bits per heavy atom. The highest BCUT2D eigenvalue weighted by atomic mass is 15.3. The second kappa shape index (κ2) is 4.44. The Morgan fingerprint density at radius 2 is 1.85 bits per heavy atom. The zero-order valence-electron chi connectivity index (χ0n) is 11.6. The largest absolute Gasteiger partial charge is 0.250 e. The third-order valence-corrected chi connectivity index (χ3v) is 4.22. The Bertz CT molecular complexity index is 772. The molecule has 100 valence electrons. The van der Waals surface area contributed by atoms with Gasteiger partial charge in [0.2, 0.25) is 0 Å². The lowest BCUT2D eigenvalue weighted by Crippen LogP contribution is -2.04. The van der Waals surface area contributed by atoms with Crippen LogP contribution < -0.4 is 0 Å². The van der Waals surface area contributed by atoms with Crippen LogP contribution in [0.2, 0.25) is 0 Å². The summed E-state index contributed by atoms with van der Waals surface area (Å²) in [5, 5.41) is 5.98.